The normalized spacial score (nSPS) is 11.7. The van der Waals surface area contributed by atoms with Gasteiger partial charge in [0.15, 0.2) is 0 Å². The Morgan fingerprint density at radius 3 is 2.60 bits per heavy atom. The van der Waals surface area contributed by atoms with E-state index in [1.54, 1.807) is 13.8 Å². The number of carboxylic acids is 1. The summed E-state index contributed by atoms with van der Waals surface area (Å²) in [4.78, 5) is 11.0. The van der Waals surface area contributed by atoms with Crippen molar-refractivity contribution in [2.45, 2.75) is 46.8 Å². The van der Waals surface area contributed by atoms with E-state index >= 15 is 0 Å². The SMILES string of the molecule is CC(C)Oc1ccccc1CNCCC(C)(C)C(=O)O. The number of hydrogen-bond acceptors (Lipinski definition) is 3. The lowest BCUT2D eigenvalue weighted by Crippen LogP contribution is -2.29. The summed E-state index contributed by atoms with van der Waals surface area (Å²) in [6, 6.07) is 7.91. The summed E-state index contributed by atoms with van der Waals surface area (Å²) >= 11 is 0. The van der Waals surface area contributed by atoms with Gasteiger partial charge in [-0.05, 0) is 46.7 Å². The highest BCUT2D eigenvalue weighted by Gasteiger charge is 2.26. The first-order valence-corrected chi connectivity index (χ1v) is 7.01. The van der Waals surface area contributed by atoms with E-state index in [0.717, 1.165) is 11.3 Å². The average molecular weight is 279 g/mol. The van der Waals surface area contributed by atoms with Crippen LogP contribution in [0.2, 0.25) is 0 Å². The standard InChI is InChI=1S/C16H25NO3/c1-12(2)20-14-8-6-5-7-13(14)11-17-10-9-16(3,4)15(18)19/h5-8,12,17H,9-11H2,1-4H3,(H,18,19). The van der Waals surface area contributed by atoms with Crippen LogP contribution in [0.25, 0.3) is 0 Å². The monoisotopic (exact) mass is 279 g/mol. The number of ether oxygens (including phenoxy) is 1. The lowest BCUT2D eigenvalue weighted by molar-refractivity contribution is -0.147. The Morgan fingerprint density at radius 1 is 1.35 bits per heavy atom. The maximum absolute atomic E-state index is 11.0. The summed E-state index contributed by atoms with van der Waals surface area (Å²) in [5.41, 5.74) is 0.398. The predicted octanol–water partition coefficient (Wildman–Crippen LogP) is 3.06. The highest BCUT2D eigenvalue weighted by atomic mass is 16.5. The van der Waals surface area contributed by atoms with Crippen molar-refractivity contribution in [1.29, 1.82) is 0 Å². The van der Waals surface area contributed by atoms with Crippen LogP contribution in [-0.2, 0) is 11.3 Å². The van der Waals surface area contributed by atoms with Gasteiger partial charge < -0.3 is 15.2 Å². The molecule has 0 aliphatic heterocycles. The third-order valence-electron chi connectivity index (χ3n) is 3.16. The molecule has 0 amide bonds. The van der Waals surface area contributed by atoms with Crippen molar-refractivity contribution in [2.75, 3.05) is 6.54 Å². The Morgan fingerprint density at radius 2 is 2.00 bits per heavy atom. The Bertz CT molecular complexity index is 441. The van der Waals surface area contributed by atoms with Crippen LogP contribution in [-0.4, -0.2) is 23.7 Å². The summed E-state index contributed by atoms with van der Waals surface area (Å²) in [5.74, 6) is 0.121. The van der Waals surface area contributed by atoms with Crippen LogP contribution in [0.3, 0.4) is 0 Å². The Hall–Kier alpha value is -1.55. The molecule has 1 rings (SSSR count). The van der Waals surface area contributed by atoms with Crippen molar-refractivity contribution in [3.05, 3.63) is 29.8 Å². The fourth-order valence-electron chi connectivity index (χ4n) is 1.75. The predicted molar refractivity (Wildman–Crippen MR) is 79.9 cm³/mol. The lowest BCUT2D eigenvalue weighted by Gasteiger charge is -2.19. The molecule has 4 nitrogen and oxygen atoms in total. The molecule has 4 heteroatoms. The highest BCUT2D eigenvalue weighted by Crippen LogP contribution is 2.21. The first kappa shape index (κ1) is 16.5. The summed E-state index contributed by atoms with van der Waals surface area (Å²) in [6.45, 7) is 8.83. The maximum atomic E-state index is 11.0. The maximum Gasteiger partial charge on any atom is 0.309 e. The molecule has 0 spiro atoms. The topological polar surface area (TPSA) is 58.6 Å². The van der Waals surface area contributed by atoms with Crippen LogP contribution in [0, 0.1) is 5.41 Å². The van der Waals surface area contributed by atoms with E-state index in [1.165, 1.54) is 0 Å². The van der Waals surface area contributed by atoms with Crippen LogP contribution in [0.1, 0.15) is 39.7 Å². The molecule has 0 unspecified atom stereocenters. The molecule has 0 bridgehead atoms. The fourth-order valence-corrected chi connectivity index (χ4v) is 1.75. The molecule has 0 heterocycles. The fraction of sp³-hybridized carbons (Fsp3) is 0.562. The summed E-state index contributed by atoms with van der Waals surface area (Å²) < 4.78 is 5.75. The zero-order valence-corrected chi connectivity index (χ0v) is 12.8. The molecule has 1 aromatic rings. The van der Waals surface area contributed by atoms with Crippen molar-refractivity contribution in [2.24, 2.45) is 5.41 Å². The van der Waals surface area contributed by atoms with Gasteiger partial charge in [-0.15, -0.1) is 0 Å². The number of nitrogens with one attached hydrogen (secondary N) is 1. The first-order chi connectivity index (χ1) is 9.33. The summed E-state index contributed by atoms with van der Waals surface area (Å²) in [7, 11) is 0. The zero-order valence-electron chi connectivity index (χ0n) is 12.8. The average Bonchev–Trinajstić information content (AvgIpc) is 2.35. The number of carbonyl (C=O) groups is 1. The minimum Gasteiger partial charge on any atom is -0.491 e. The quantitative estimate of drug-likeness (QED) is 0.718. The molecule has 1 aromatic carbocycles. The van der Waals surface area contributed by atoms with Gasteiger partial charge in [-0.2, -0.15) is 0 Å². The van der Waals surface area contributed by atoms with Crippen molar-refractivity contribution in [3.63, 3.8) is 0 Å². The van der Waals surface area contributed by atoms with Gasteiger partial charge in [0, 0.05) is 12.1 Å². The molecule has 0 fully saturated rings. The first-order valence-electron chi connectivity index (χ1n) is 7.01. The molecular formula is C16H25NO3. The third kappa shape index (κ3) is 5.21. The van der Waals surface area contributed by atoms with Gasteiger partial charge >= 0.3 is 5.97 Å². The largest absolute Gasteiger partial charge is 0.491 e. The second kappa shape index (κ2) is 7.29. The zero-order chi connectivity index (χ0) is 15.2. The number of benzene rings is 1. The van der Waals surface area contributed by atoms with Crippen molar-refractivity contribution in [3.8, 4) is 5.75 Å². The van der Waals surface area contributed by atoms with Crippen LogP contribution >= 0.6 is 0 Å². The molecule has 0 atom stereocenters. The summed E-state index contributed by atoms with van der Waals surface area (Å²) in [5, 5.41) is 12.3. The molecule has 0 radical (unpaired) electrons. The molecule has 0 aliphatic carbocycles. The van der Waals surface area contributed by atoms with Gasteiger partial charge in [0.2, 0.25) is 0 Å². The lowest BCUT2D eigenvalue weighted by atomic mass is 9.90. The minimum absolute atomic E-state index is 0.141. The molecule has 0 saturated carbocycles. The van der Waals surface area contributed by atoms with Gasteiger partial charge in [0.25, 0.3) is 0 Å². The third-order valence-corrected chi connectivity index (χ3v) is 3.16. The molecule has 0 aliphatic rings. The van der Waals surface area contributed by atoms with Gasteiger partial charge in [-0.25, -0.2) is 0 Å². The van der Waals surface area contributed by atoms with E-state index in [0.29, 0.717) is 19.5 Å². The van der Waals surface area contributed by atoms with Crippen molar-refractivity contribution < 1.29 is 14.6 Å². The highest BCUT2D eigenvalue weighted by molar-refractivity contribution is 5.73. The van der Waals surface area contributed by atoms with E-state index in [4.69, 9.17) is 9.84 Å². The number of para-hydroxylation sites is 1. The minimum atomic E-state index is -0.761. The smallest absolute Gasteiger partial charge is 0.309 e. The number of carboxylic acid groups (broad SMARTS) is 1. The number of aliphatic carboxylic acids is 1. The van der Waals surface area contributed by atoms with Crippen molar-refractivity contribution >= 4 is 5.97 Å². The second-order valence-corrected chi connectivity index (χ2v) is 5.89. The van der Waals surface area contributed by atoms with Crippen molar-refractivity contribution in [1.82, 2.24) is 5.32 Å². The van der Waals surface area contributed by atoms with E-state index < -0.39 is 11.4 Å². The molecule has 0 saturated heterocycles. The van der Waals surface area contributed by atoms with Gasteiger partial charge in [0.05, 0.1) is 11.5 Å². The van der Waals surface area contributed by atoms with E-state index in [1.807, 2.05) is 38.1 Å². The van der Waals surface area contributed by atoms with E-state index in [9.17, 15) is 4.79 Å². The molecular weight excluding hydrogens is 254 g/mol. The molecule has 112 valence electrons. The summed E-state index contributed by atoms with van der Waals surface area (Å²) in [6.07, 6.45) is 0.734. The van der Waals surface area contributed by atoms with Crippen LogP contribution < -0.4 is 10.1 Å². The van der Waals surface area contributed by atoms with Gasteiger partial charge in [0.1, 0.15) is 5.75 Å². The Balaban J connectivity index is 2.48. The van der Waals surface area contributed by atoms with Crippen LogP contribution in [0.4, 0.5) is 0 Å². The number of hydrogen-bond donors (Lipinski definition) is 2. The van der Waals surface area contributed by atoms with E-state index in [-0.39, 0.29) is 6.10 Å². The van der Waals surface area contributed by atoms with Gasteiger partial charge in [-0.3, -0.25) is 4.79 Å². The second-order valence-electron chi connectivity index (χ2n) is 5.89. The molecule has 20 heavy (non-hydrogen) atoms. The van der Waals surface area contributed by atoms with E-state index in [2.05, 4.69) is 5.32 Å². The Labute approximate surface area is 121 Å². The van der Waals surface area contributed by atoms with Gasteiger partial charge in [-0.1, -0.05) is 18.2 Å². The van der Waals surface area contributed by atoms with Crippen LogP contribution in [0.15, 0.2) is 24.3 Å². The molecule has 2 N–H and O–H groups in total. The number of rotatable bonds is 8. The Kier molecular flexibility index (Phi) is 6.02. The molecule has 0 aromatic heterocycles. The van der Waals surface area contributed by atoms with Crippen LogP contribution in [0.5, 0.6) is 5.75 Å².